The number of H-pyrrole nitrogens is 2. The van der Waals surface area contributed by atoms with Crippen LogP contribution in [0.1, 0.15) is 22.8 Å². The van der Waals surface area contributed by atoms with Gasteiger partial charge in [-0.15, -0.1) is 0 Å². The summed E-state index contributed by atoms with van der Waals surface area (Å²) in [6, 6.07) is 16.4. The Morgan fingerprint density at radius 2 is 0.846 bits per heavy atom. The van der Waals surface area contributed by atoms with Crippen molar-refractivity contribution in [3.05, 3.63) is 71.3 Å². The van der Waals surface area contributed by atoms with Crippen molar-refractivity contribution in [1.82, 2.24) is 19.9 Å². The van der Waals surface area contributed by atoms with E-state index in [1.807, 2.05) is 42.5 Å². The van der Waals surface area contributed by atoms with Crippen molar-refractivity contribution < 1.29 is 26.5 Å². The van der Waals surface area contributed by atoms with Crippen molar-refractivity contribution in [2.75, 3.05) is 0 Å². The number of hydrogen-bond acceptors (Lipinski definition) is 2. The van der Waals surface area contributed by atoms with Gasteiger partial charge in [0.1, 0.15) is 0 Å². The number of fused-ring (bicyclic) bond motifs is 8. The van der Waals surface area contributed by atoms with Crippen molar-refractivity contribution in [3.8, 4) is 0 Å². The zero-order valence-corrected chi connectivity index (χ0v) is 15.9. The van der Waals surface area contributed by atoms with E-state index >= 15 is 0 Å². The molecule has 0 aromatic carbocycles. The van der Waals surface area contributed by atoms with Crippen molar-refractivity contribution in [2.45, 2.75) is 0 Å². The Bertz CT molecular complexity index is 1080. The zero-order chi connectivity index (χ0) is 15.9. The number of aromatic nitrogens is 4. The first kappa shape index (κ1) is 18.1. The van der Waals surface area contributed by atoms with Gasteiger partial charge in [0.25, 0.3) is 0 Å². The van der Waals surface area contributed by atoms with Crippen LogP contribution in [0.25, 0.3) is 46.4 Å². The van der Waals surface area contributed by atoms with Gasteiger partial charge < -0.3 is 15.4 Å². The Morgan fingerprint density at radius 3 is 1.27 bits per heavy atom. The molecular formula is C20H16N4OPt. The van der Waals surface area contributed by atoms with Crippen LogP contribution in [0.4, 0.5) is 0 Å². The van der Waals surface area contributed by atoms with E-state index in [9.17, 15) is 0 Å². The first-order valence-electron chi connectivity index (χ1n) is 7.85. The Hall–Kier alpha value is -2.75. The predicted octanol–water partition coefficient (Wildman–Crippen LogP) is 3.83. The number of nitrogens with zero attached hydrogens (tertiary/aromatic N) is 2. The van der Waals surface area contributed by atoms with Crippen molar-refractivity contribution in [1.29, 1.82) is 0 Å². The van der Waals surface area contributed by atoms with Crippen molar-refractivity contribution >= 4 is 46.4 Å². The molecule has 8 bridgehead atoms. The van der Waals surface area contributed by atoms with E-state index in [1.165, 1.54) is 0 Å². The summed E-state index contributed by atoms with van der Waals surface area (Å²) in [4.78, 5) is 16.0. The van der Waals surface area contributed by atoms with Gasteiger partial charge in [0.2, 0.25) is 0 Å². The minimum Gasteiger partial charge on any atom is -0.412 e. The van der Waals surface area contributed by atoms with Crippen LogP contribution in [0.15, 0.2) is 48.5 Å². The molecular weight excluding hydrogens is 507 g/mol. The average molecular weight is 523 g/mol. The molecule has 3 aromatic rings. The molecule has 3 aromatic heterocycles. The molecule has 0 fully saturated rings. The molecule has 2 aliphatic heterocycles. The quantitative estimate of drug-likeness (QED) is 0.323. The van der Waals surface area contributed by atoms with Gasteiger partial charge in [-0.3, -0.25) is 0 Å². The summed E-state index contributed by atoms with van der Waals surface area (Å²) in [6.45, 7) is 0. The van der Waals surface area contributed by atoms with Gasteiger partial charge in [-0.25, -0.2) is 9.97 Å². The van der Waals surface area contributed by atoms with E-state index in [2.05, 4.69) is 50.3 Å². The van der Waals surface area contributed by atoms with E-state index in [-0.39, 0.29) is 26.5 Å². The normalized spacial score (nSPS) is 11.7. The van der Waals surface area contributed by atoms with Gasteiger partial charge in [-0.1, -0.05) is 0 Å². The maximum absolute atomic E-state index is 4.62. The third-order valence-corrected chi connectivity index (χ3v) is 4.04. The third kappa shape index (κ3) is 3.59. The smallest absolute Gasteiger partial charge is 0.0659 e. The standard InChI is InChI=1S/C20H14N4.H2O.Pt/c1-2-14-10-16-5-6-18(23-16)12-20-8-7-19(24-20)11-17-4-3-15(22-17)9-13(1)21-14;;/h1-12,21-22H;1H2;. The molecule has 6 heteroatoms. The molecule has 0 spiro atoms. The summed E-state index contributed by atoms with van der Waals surface area (Å²) in [5.74, 6) is 0. The molecule has 0 amide bonds. The molecule has 2 aliphatic rings. The number of hydrogen-bond donors (Lipinski definition) is 2. The van der Waals surface area contributed by atoms with Crippen LogP contribution < -0.4 is 0 Å². The van der Waals surface area contributed by atoms with Crippen LogP contribution in [0.5, 0.6) is 0 Å². The summed E-state index contributed by atoms with van der Waals surface area (Å²) in [6.07, 6.45) is 8.05. The largest absolute Gasteiger partial charge is 0.412 e. The second kappa shape index (κ2) is 7.24. The summed E-state index contributed by atoms with van der Waals surface area (Å²) >= 11 is 0. The fraction of sp³-hybridized carbons (Fsp3) is 0. The maximum Gasteiger partial charge on any atom is 0.0659 e. The Kier molecular flexibility index (Phi) is 5.03. The van der Waals surface area contributed by atoms with Crippen molar-refractivity contribution in [2.24, 2.45) is 0 Å². The molecule has 0 aliphatic carbocycles. The van der Waals surface area contributed by atoms with Gasteiger partial charge in [0, 0.05) is 43.1 Å². The van der Waals surface area contributed by atoms with Gasteiger partial charge in [-0.05, 0) is 72.8 Å². The van der Waals surface area contributed by atoms with Gasteiger partial charge >= 0.3 is 0 Å². The molecule has 132 valence electrons. The van der Waals surface area contributed by atoms with Crippen LogP contribution in [0.2, 0.25) is 0 Å². The summed E-state index contributed by atoms with van der Waals surface area (Å²) < 4.78 is 0. The number of rotatable bonds is 0. The Morgan fingerprint density at radius 1 is 0.500 bits per heavy atom. The third-order valence-electron chi connectivity index (χ3n) is 4.04. The molecule has 0 saturated heterocycles. The van der Waals surface area contributed by atoms with Gasteiger partial charge in [-0.2, -0.15) is 0 Å². The Balaban J connectivity index is 0.000000980. The molecule has 0 unspecified atom stereocenters. The van der Waals surface area contributed by atoms with Crippen LogP contribution in [-0.4, -0.2) is 25.4 Å². The van der Waals surface area contributed by atoms with Gasteiger partial charge in [0.05, 0.1) is 22.8 Å². The van der Waals surface area contributed by atoms with E-state index < -0.39 is 0 Å². The molecule has 0 radical (unpaired) electrons. The SMILES string of the molecule is C1=Cc2cc3ccc(cc4ccc(cc5nc(cc1n2)C=C5)[nH]4)[nH]3.O.[Pt]. The summed E-state index contributed by atoms with van der Waals surface area (Å²) in [5, 5.41) is 0. The van der Waals surface area contributed by atoms with E-state index in [0.717, 1.165) is 44.8 Å². The zero-order valence-electron chi connectivity index (χ0n) is 13.6. The van der Waals surface area contributed by atoms with Crippen LogP contribution in [0.3, 0.4) is 0 Å². The van der Waals surface area contributed by atoms with E-state index in [4.69, 9.17) is 0 Å². The fourth-order valence-electron chi connectivity index (χ4n) is 2.94. The molecule has 5 heterocycles. The summed E-state index contributed by atoms with van der Waals surface area (Å²) in [7, 11) is 0. The number of aromatic amines is 2. The second-order valence-electron chi connectivity index (χ2n) is 5.91. The maximum atomic E-state index is 4.62. The van der Waals surface area contributed by atoms with Gasteiger partial charge in [0.15, 0.2) is 0 Å². The molecule has 5 nitrogen and oxygen atoms in total. The van der Waals surface area contributed by atoms with Crippen LogP contribution in [-0.2, 0) is 21.1 Å². The molecule has 0 saturated carbocycles. The van der Waals surface area contributed by atoms with Crippen LogP contribution in [0, 0.1) is 0 Å². The second-order valence-corrected chi connectivity index (χ2v) is 5.91. The molecule has 26 heavy (non-hydrogen) atoms. The van der Waals surface area contributed by atoms with Crippen molar-refractivity contribution in [3.63, 3.8) is 0 Å². The Labute approximate surface area is 164 Å². The van der Waals surface area contributed by atoms with Crippen LogP contribution >= 0.6 is 0 Å². The first-order valence-corrected chi connectivity index (χ1v) is 7.85. The summed E-state index contributed by atoms with van der Waals surface area (Å²) in [5.41, 5.74) is 7.86. The minimum absolute atomic E-state index is 0. The first-order chi connectivity index (χ1) is 11.8. The predicted molar refractivity (Wildman–Crippen MR) is 102 cm³/mol. The average Bonchev–Trinajstić information content (AvgIpc) is 3.32. The van der Waals surface area contributed by atoms with E-state index in [0.29, 0.717) is 0 Å². The molecule has 4 N–H and O–H groups in total. The fourth-order valence-corrected chi connectivity index (χ4v) is 2.94. The molecule has 0 atom stereocenters. The molecule has 5 rings (SSSR count). The monoisotopic (exact) mass is 523 g/mol. The topological polar surface area (TPSA) is 88.9 Å². The number of nitrogens with one attached hydrogen (secondary N) is 2. The van der Waals surface area contributed by atoms with E-state index in [1.54, 1.807) is 0 Å². The minimum atomic E-state index is 0.